The van der Waals surface area contributed by atoms with Crippen molar-refractivity contribution < 1.29 is 8.42 Å². The first-order chi connectivity index (χ1) is 8.84. The predicted octanol–water partition coefficient (Wildman–Crippen LogP) is -1.39. The topological polar surface area (TPSA) is 96.0 Å². The molecule has 0 unspecified atom stereocenters. The maximum atomic E-state index is 12.1. The molecule has 0 N–H and O–H groups in total. The lowest BCUT2D eigenvalue weighted by atomic mass is 10.4. The molecule has 9 heteroatoms. The second-order valence-corrected chi connectivity index (χ2v) is 6.60. The van der Waals surface area contributed by atoms with Crippen molar-refractivity contribution in [2.24, 2.45) is 14.1 Å². The van der Waals surface area contributed by atoms with Crippen LogP contribution in [0.25, 0.3) is 11.2 Å². The van der Waals surface area contributed by atoms with Crippen LogP contribution < -0.4 is 11.2 Å². The Labute approximate surface area is 107 Å². The van der Waals surface area contributed by atoms with Crippen LogP contribution in [0.2, 0.25) is 0 Å². The summed E-state index contributed by atoms with van der Waals surface area (Å²) in [5, 5.41) is -0.118. The normalized spacial score (nSPS) is 17.6. The van der Waals surface area contributed by atoms with Gasteiger partial charge in [0.1, 0.15) is 0 Å². The fourth-order valence-electron chi connectivity index (χ4n) is 2.38. The van der Waals surface area contributed by atoms with Crippen molar-refractivity contribution in [1.29, 1.82) is 0 Å². The highest BCUT2D eigenvalue weighted by Crippen LogP contribution is 2.22. The van der Waals surface area contributed by atoms with Crippen LogP contribution in [0, 0.1) is 0 Å². The van der Waals surface area contributed by atoms with E-state index in [1.807, 2.05) is 0 Å². The van der Waals surface area contributed by atoms with Gasteiger partial charge in [-0.05, 0) is 6.42 Å². The smallest absolute Gasteiger partial charge is 0.309 e. The van der Waals surface area contributed by atoms with E-state index in [1.165, 1.54) is 23.2 Å². The highest BCUT2D eigenvalue weighted by atomic mass is 32.2. The standard InChI is InChI=1S/C10H12N4O4S/c1-12-7-6(8(15)13(2)10(12)16)14-4-3-5-19(17,18)9(14)11-7/h3-5H2,1-2H3. The van der Waals surface area contributed by atoms with E-state index in [1.54, 1.807) is 0 Å². The number of imidazole rings is 1. The Morgan fingerprint density at radius 2 is 1.84 bits per heavy atom. The van der Waals surface area contributed by atoms with Gasteiger partial charge in [-0.3, -0.25) is 13.9 Å². The van der Waals surface area contributed by atoms with Crippen molar-refractivity contribution in [3.63, 3.8) is 0 Å². The number of hydrogen-bond donors (Lipinski definition) is 0. The fraction of sp³-hybridized carbons (Fsp3) is 0.500. The van der Waals surface area contributed by atoms with Crippen molar-refractivity contribution in [1.82, 2.24) is 18.7 Å². The molecule has 3 heterocycles. The van der Waals surface area contributed by atoms with Crippen LogP contribution in [0.5, 0.6) is 0 Å². The number of aryl methyl sites for hydroxylation is 2. The SMILES string of the molecule is Cn1c(=O)c2c(nc3n2CCCS3(=O)=O)n(C)c1=O. The van der Waals surface area contributed by atoms with Crippen LogP contribution in [-0.2, 0) is 30.5 Å². The largest absolute Gasteiger partial charge is 0.332 e. The molecule has 19 heavy (non-hydrogen) atoms. The van der Waals surface area contributed by atoms with Crippen LogP contribution in [0.4, 0.5) is 0 Å². The third-order valence-electron chi connectivity index (χ3n) is 3.39. The van der Waals surface area contributed by atoms with Crippen LogP contribution in [0.15, 0.2) is 14.7 Å². The van der Waals surface area contributed by atoms with E-state index in [0.717, 1.165) is 4.57 Å². The molecule has 2 aromatic heterocycles. The van der Waals surface area contributed by atoms with Gasteiger partial charge in [-0.1, -0.05) is 0 Å². The minimum Gasteiger partial charge on any atom is -0.309 e. The van der Waals surface area contributed by atoms with Crippen LogP contribution >= 0.6 is 0 Å². The Hall–Kier alpha value is -1.90. The second-order valence-electron chi connectivity index (χ2n) is 4.60. The Morgan fingerprint density at radius 1 is 1.16 bits per heavy atom. The molecule has 0 bridgehead atoms. The lowest BCUT2D eigenvalue weighted by molar-refractivity contribution is 0.533. The number of fused-ring (bicyclic) bond motifs is 3. The summed E-state index contributed by atoms with van der Waals surface area (Å²) < 4.78 is 27.5. The summed E-state index contributed by atoms with van der Waals surface area (Å²) in [4.78, 5) is 27.9. The second kappa shape index (κ2) is 3.56. The van der Waals surface area contributed by atoms with E-state index in [-0.39, 0.29) is 22.1 Å². The van der Waals surface area contributed by atoms with E-state index in [2.05, 4.69) is 4.98 Å². The summed E-state index contributed by atoms with van der Waals surface area (Å²) >= 11 is 0. The van der Waals surface area contributed by atoms with Gasteiger partial charge in [0.05, 0.1) is 5.75 Å². The average Bonchev–Trinajstić information content (AvgIpc) is 2.74. The molecule has 2 aromatic rings. The summed E-state index contributed by atoms with van der Waals surface area (Å²) in [7, 11) is -0.644. The Kier molecular flexibility index (Phi) is 2.28. The first kappa shape index (κ1) is 12.2. The Bertz CT molecular complexity index is 916. The average molecular weight is 284 g/mol. The summed E-state index contributed by atoms with van der Waals surface area (Å²) in [6, 6.07) is 0. The van der Waals surface area contributed by atoms with Gasteiger partial charge in [-0.25, -0.2) is 13.2 Å². The molecule has 102 valence electrons. The molecule has 0 amide bonds. The van der Waals surface area contributed by atoms with Crippen molar-refractivity contribution >= 4 is 21.0 Å². The van der Waals surface area contributed by atoms with E-state index in [0.29, 0.717) is 13.0 Å². The van der Waals surface area contributed by atoms with E-state index >= 15 is 0 Å². The van der Waals surface area contributed by atoms with Gasteiger partial charge in [0.15, 0.2) is 11.2 Å². The molecule has 0 aromatic carbocycles. The van der Waals surface area contributed by atoms with Gasteiger partial charge in [-0.15, -0.1) is 0 Å². The fourth-order valence-corrected chi connectivity index (χ4v) is 3.81. The molecule has 0 saturated carbocycles. The molecular formula is C10H12N4O4S. The zero-order chi connectivity index (χ0) is 13.9. The number of sulfone groups is 1. The Balaban J connectivity index is 2.63. The predicted molar refractivity (Wildman–Crippen MR) is 66.9 cm³/mol. The van der Waals surface area contributed by atoms with E-state index < -0.39 is 21.1 Å². The van der Waals surface area contributed by atoms with Gasteiger partial charge in [0.25, 0.3) is 5.56 Å². The minimum absolute atomic E-state index is 0.0184. The number of nitrogens with zero attached hydrogens (tertiary/aromatic N) is 4. The molecule has 0 spiro atoms. The molecule has 0 saturated heterocycles. The number of aromatic nitrogens is 4. The zero-order valence-electron chi connectivity index (χ0n) is 10.5. The Morgan fingerprint density at radius 3 is 2.53 bits per heavy atom. The maximum Gasteiger partial charge on any atom is 0.332 e. The lowest BCUT2D eigenvalue weighted by Gasteiger charge is -2.14. The zero-order valence-corrected chi connectivity index (χ0v) is 11.3. The molecule has 0 aliphatic carbocycles. The summed E-state index contributed by atoms with van der Waals surface area (Å²) in [6.45, 7) is 0.415. The van der Waals surface area contributed by atoms with Crippen molar-refractivity contribution in [3.05, 3.63) is 20.8 Å². The highest BCUT2D eigenvalue weighted by molar-refractivity contribution is 7.91. The van der Waals surface area contributed by atoms with Crippen molar-refractivity contribution in [2.45, 2.75) is 18.1 Å². The molecule has 8 nitrogen and oxygen atoms in total. The molecule has 0 radical (unpaired) electrons. The van der Waals surface area contributed by atoms with E-state index in [9.17, 15) is 18.0 Å². The third-order valence-corrected chi connectivity index (χ3v) is 5.08. The van der Waals surface area contributed by atoms with Crippen LogP contribution in [-0.4, -0.2) is 32.9 Å². The first-order valence-electron chi connectivity index (χ1n) is 5.73. The quantitative estimate of drug-likeness (QED) is 0.593. The highest BCUT2D eigenvalue weighted by Gasteiger charge is 2.30. The van der Waals surface area contributed by atoms with Gasteiger partial charge in [0.2, 0.25) is 15.0 Å². The van der Waals surface area contributed by atoms with Gasteiger partial charge in [-0.2, -0.15) is 4.98 Å². The van der Waals surface area contributed by atoms with Gasteiger partial charge in [0, 0.05) is 20.6 Å². The first-order valence-corrected chi connectivity index (χ1v) is 7.39. The summed E-state index contributed by atoms with van der Waals surface area (Å²) in [5.41, 5.74) is -0.754. The van der Waals surface area contributed by atoms with Crippen molar-refractivity contribution in [2.75, 3.05) is 5.75 Å². The van der Waals surface area contributed by atoms with Crippen molar-refractivity contribution in [3.8, 4) is 0 Å². The molecule has 1 aliphatic heterocycles. The molecule has 0 fully saturated rings. The maximum absolute atomic E-state index is 12.1. The van der Waals surface area contributed by atoms with Crippen LogP contribution in [0.1, 0.15) is 6.42 Å². The molecular weight excluding hydrogens is 272 g/mol. The lowest BCUT2D eigenvalue weighted by Crippen LogP contribution is -2.37. The monoisotopic (exact) mass is 284 g/mol. The van der Waals surface area contributed by atoms with E-state index in [4.69, 9.17) is 0 Å². The van der Waals surface area contributed by atoms with Crippen LogP contribution in [0.3, 0.4) is 0 Å². The molecule has 1 aliphatic rings. The number of rotatable bonds is 0. The summed E-state index contributed by atoms with van der Waals surface area (Å²) in [6.07, 6.45) is 0.437. The third kappa shape index (κ3) is 1.44. The van der Waals surface area contributed by atoms with Gasteiger partial charge >= 0.3 is 5.69 Å². The molecule has 0 atom stereocenters. The minimum atomic E-state index is -3.47. The molecule has 3 rings (SSSR count). The van der Waals surface area contributed by atoms with Gasteiger partial charge < -0.3 is 4.57 Å². The number of hydrogen-bond acceptors (Lipinski definition) is 5. The summed E-state index contributed by atoms with van der Waals surface area (Å²) in [5.74, 6) is 0.0184.